The first kappa shape index (κ1) is 14.9. The molecule has 1 aliphatic carbocycles. The molecule has 4 rings (SSSR count). The number of carbonyl (C=O) groups excluding carboxylic acids is 4. The van der Waals surface area contributed by atoms with Crippen molar-refractivity contribution in [3.63, 3.8) is 0 Å². The molecule has 0 aromatic heterocycles. The van der Waals surface area contributed by atoms with E-state index in [2.05, 4.69) is 5.32 Å². The summed E-state index contributed by atoms with van der Waals surface area (Å²) in [5, 5.41) is 3.21. The zero-order chi connectivity index (χ0) is 16.9. The van der Waals surface area contributed by atoms with Crippen molar-refractivity contribution >= 4 is 23.7 Å². The third kappa shape index (κ3) is 2.04. The Morgan fingerprint density at radius 3 is 2.29 bits per heavy atom. The number of amides is 3. The fourth-order valence-corrected chi connectivity index (χ4v) is 3.83. The fourth-order valence-electron chi connectivity index (χ4n) is 3.83. The average molecular weight is 328 g/mol. The first-order chi connectivity index (χ1) is 11.5. The Bertz CT molecular complexity index is 733. The van der Waals surface area contributed by atoms with Crippen LogP contribution in [0.15, 0.2) is 24.3 Å². The Labute approximate surface area is 137 Å². The molecule has 1 atom stereocenters. The number of hydroxylamine groups is 2. The molecule has 0 bridgehead atoms. The standard InChI is InChI=1S/C17H16N2O5/c20-13-8-17(6-3-7-17)12(9-18-13)16(23)24-19-14(21)10-4-1-2-5-11(10)15(19)22/h1-2,4-5,12H,3,6-9H2,(H,18,20). The third-order valence-electron chi connectivity index (χ3n) is 5.33. The Morgan fingerprint density at radius 1 is 1.12 bits per heavy atom. The highest BCUT2D eigenvalue weighted by molar-refractivity contribution is 6.20. The topological polar surface area (TPSA) is 92.8 Å². The van der Waals surface area contributed by atoms with E-state index in [1.54, 1.807) is 12.1 Å². The lowest BCUT2D eigenvalue weighted by molar-refractivity contribution is -0.184. The first-order valence-corrected chi connectivity index (χ1v) is 7.98. The highest BCUT2D eigenvalue weighted by Crippen LogP contribution is 2.51. The maximum Gasteiger partial charge on any atom is 0.338 e. The summed E-state index contributed by atoms with van der Waals surface area (Å²) in [5.41, 5.74) is 0.0640. The van der Waals surface area contributed by atoms with Gasteiger partial charge in [0.05, 0.1) is 17.0 Å². The molecule has 1 aromatic carbocycles. The molecule has 3 amide bonds. The van der Waals surface area contributed by atoms with E-state index in [1.165, 1.54) is 12.1 Å². The molecule has 3 aliphatic rings. The number of hydrogen-bond acceptors (Lipinski definition) is 5. The molecule has 7 heteroatoms. The molecular weight excluding hydrogens is 312 g/mol. The summed E-state index contributed by atoms with van der Waals surface area (Å²) < 4.78 is 0. The van der Waals surface area contributed by atoms with Crippen LogP contribution in [0.2, 0.25) is 0 Å². The number of rotatable bonds is 2. The minimum Gasteiger partial charge on any atom is -0.355 e. The van der Waals surface area contributed by atoms with E-state index < -0.39 is 29.1 Å². The van der Waals surface area contributed by atoms with Crippen LogP contribution in [0.4, 0.5) is 0 Å². The highest BCUT2D eigenvalue weighted by atomic mass is 16.7. The van der Waals surface area contributed by atoms with E-state index in [0.717, 1.165) is 19.3 Å². The van der Waals surface area contributed by atoms with Crippen LogP contribution in [0.5, 0.6) is 0 Å². The summed E-state index contributed by atoms with van der Waals surface area (Å²) in [6.07, 6.45) is 2.81. The van der Waals surface area contributed by atoms with Crippen molar-refractivity contribution in [3.8, 4) is 0 Å². The van der Waals surface area contributed by atoms with Crippen LogP contribution in [0, 0.1) is 11.3 Å². The zero-order valence-electron chi connectivity index (χ0n) is 12.9. The van der Waals surface area contributed by atoms with Crippen LogP contribution < -0.4 is 5.32 Å². The Hall–Kier alpha value is -2.70. The van der Waals surface area contributed by atoms with Gasteiger partial charge < -0.3 is 10.2 Å². The Kier molecular flexibility index (Phi) is 3.19. The van der Waals surface area contributed by atoms with Crippen LogP contribution in [0.1, 0.15) is 46.4 Å². The van der Waals surface area contributed by atoms with Gasteiger partial charge in [-0.1, -0.05) is 23.6 Å². The minimum atomic E-state index is -0.635. The monoisotopic (exact) mass is 328 g/mol. The van der Waals surface area contributed by atoms with Gasteiger partial charge in [0.25, 0.3) is 11.8 Å². The molecule has 0 radical (unpaired) electrons. The Balaban J connectivity index is 1.54. The SMILES string of the molecule is O=C1CC2(CCC2)C(C(=O)ON2C(=O)c3ccccc3C2=O)CN1. The summed E-state index contributed by atoms with van der Waals surface area (Å²) in [4.78, 5) is 54.0. The lowest BCUT2D eigenvalue weighted by atomic mass is 9.58. The smallest absolute Gasteiger partial charge is 0.338 e. The van der Waals surface area contributed by atoms with Crippen LogP contribution in [-0.4, -0.2) is 35.3 Å². The second kappa shape index (κ2) is 5.15. The third-order valence-corrected chi connectivity index (χ3v) is 5.33. The quantitative estimate of drug-likeness (QED) is 0.819. The van der Waals surface area contributed by atoms with Crippen molar-refractivity contribution < 1.29 is 24.0 Å². The predicted octanol–water partition coefficient (Wildman–Crippen LogP) is 1.05. The van der Waals surface area contributed by atoms with E-state index in [1.807, 2.05) is 0 Å². The van der Waals surface area contributed by atoms with E-state index >= 15 is 0 Å². The predicted molar refractivity (Wildman–Crippen MR) is 80.4 cm³/mol. The van der Waals surface area contributed by atoms with Crippen LogP contribution in [0.25, 0.3) is 0 Å². The van der Waals surface area contributed by atoms with Gasteiger partial charge in [0.1, 0.15) is 0 Å². The van der Waals surface area contributed by atoms with Crippen molar-refractivity contribution in [2.75, 3.05) is 6.54 Å². The number of hydrogen-bond donors (Lipinski definition) is 1. The molecule has 1 saturated carbocycles. The van der Waals surface area contributed by atoms with Crippen LogP contribution in [0.3, 0.4) is 0 Å². The second-order valence-corrected chi connectivity index (χ2v) is 6.61. The van der Waals surface area contributed by atoms with Crippen molar-refractivity contribution in [2.45, 2.75) is 25.7 Å². The van der Waals surface area contributed by atoms with Crippen molar-refractivity contribution in [1.82, 2.24) is 10.4 Å². The van der Waals surface area contributed by atoms with Gasteiger partial charge in [-0.3, -0.25) is 14.4 Å². The summed E-state index contributed by atoms with van der Waals surface area (Å²) in [5.74, 6) is -2.50. The molecule has 1 saturated heterocycles. The number of nitrogens with one attached hydrogen (secondary N) is 1. The van der Waals surface area contributed by atoms with Gasteiger partial charge in [0, 0.05) is 13.0 Å². The van der Waals surface area contributed by atoms with E-state index in [-0.39, 0.29) is 30.0 Å². The van der Waals surface area contributed by atoms with Crippen LogP contribution in [-0.2, 0) is 14.4 Å². The molecule has 1 spiro atoms. The number of imide groups is 1. The first-order valence-electron chi connectivity index (χ1n) is 7.98. The molecule has 2 fully saturated rings. The molecule has 124 valence electrons. The zero-order valence-corrected chi connectivity index (χ0v) is 12.9. The number of benzene rings is 1. The van der Waals surface area contributed by atoms with Gasteiger partial charge >= 0.3 is 5.97 Å². The van der Waals surface area contributed by atoms with E-state index in [9.17, 15) is 19.2 Å². The maximum absolute atomic E-state index is 12.6. The molecule has 1 N–H and O–H groups in total. The average Bonchev–Trinajstić information content (AvgIpc) is 2.78. The number of nitrogens with zero attached hydrogens (tertiary/aromatic N) is 1. The normalized spacial score (nSPS) is 24.4. The van der Waals surface area contributed by atoms with Crippen LogP contribution >= 0.6 is 0 Å². The van der Waals surface area contributed by atoms with Gasteiger partial charge in [-0.15, -0.1) is 0 Å². The summed E-state index contributed by atoms with van der Waals surface area (Å²) in [6.45, 7) is 0.181. The van der Waals surface area contributed by atoms with Gasteiger partial charge in [0.15, 0.2) is 0 Å². The van der Waals surface area contributed by atoms with Crippen molar-refractivity contribution in [2.24, 2.45) is 11.3 Å². The maximum atomic E-state index is 12.6. The minimum absolute atomic E-state index is 0.0699. The largest absolute Gasteiger partial charge is 0.355 e. The molecule has 1 aromatic rings. The highest BCUT2D eigenvalue weighted by Gasteiger charge is 2.53. The summed E-state index contributed by atoms with van der Waals surface area (Å²) in [7, 11) is 0. The Morgan fingerprint density at radius 2 is 1.75 bits per heavy atom. The summed E-state index contributed by atoms with van der Waals surface area (Å²) >= 11 is 0. The molecular formula is C17H16N2O5. The lowest BCUT2D eigenvalue weighted by Gasteiger charge is -2.48. The van der Waals surface area contributed by atoms with Crippen molar-refractivity contribution in [1.29, 1.82) is 0 Å². The van der Waals surface area contributed by atoms with Gasteiger partial charge in [-0.05, 0) is 30.4 Å². The summed E-state index contributed by atoms with van der Waals surface area (Å²) in [6, 6.07) is 6.35. The van der Waals surface area contributed by atoms with Gasteiger partial charge in [0.2, 0.25) is 5.91 Å². The molecule has 24 heavy (non-hydrogen) atoms. The van der Waals surface area contributed by atoms with Gasteiger partial charge in [-0.2, -0.15) is 0 Å². The van der Waals surface area contributed by atoms with E-state index in [4.69, 9.17) is 4.84 Å². The fraction of sp³-hybridized carbons (Fsp3) is 0.412. The van der Waals surface area contributed by atoms with E-state index in [0.29, 0.717) is 5.06 Å². The number of fused-ring (bicyclic) bond motifs is 1. The second-order valence-electron chi connectivity index (χ2n) is 6.61. The molecule has 2 aliphatic heterocycles. The number of carbonyl (C=O) groups is 4. The molecule has 2 heterocycles. The van der Waals surface area contributed by atoms with Gasteiger partial charge in [-0.25, -0.2) is 4.79 Å². The number of piperidine rings is 1. The molecule has 1 unspecified atom stereocenters. The molecule has 7 nitrogen and oxygen atoms in total. The van der Waals surface area contributed by atoms with Crippen molar-refractivity contribution in [3.05, 3.63) is 35.4 Å². The lowest BCUT2D eigenvalue weighted by Crippen LogP contribution is -2.55.